The normalized spacial score (nSPS) is 26.3. The van der Waals surface area contributed by atoms with Crippen LogP contribution in [0.1, 0.15) is 6.42 Å². The zero-order valence-electron chi connectivity index (χ0n) is 8.34. The Morgan fingerprint density at radius 2 is 2.50 bits per heavy atom. The van der Waals surface area contributed by atoms with Gasteiger partial charge in [-0.3, -0.25) is 0 Å². The van der Waals surface area contributed by atoms with E-state index in [-0.39, 0.29) is 18.1 Å². The molecule has 1 rings (SSSR count). The number of carbonyl (C=O) groups is 1. The topological polar surface area (TPSA) is 59.6 Å². The van der Waals surface area contributed by atoms with E-state index in [0.717, 1.165) is 45.6 Å². The van der Waals surface area contributed by atoms with Gasteiger partial charge in [0.25, 0.3) is 0 Å². The molecule has 1 unspecified atom stereocenters. The molecule has 0 aliphatic carbocycles. The molecule has 1 aliphatic heterocycles. The van der Waals surface area contributed by atoms with Gasteiger partial charge in [-0.1, -0.05) is 0 Å². The molecule has 2 N–H and O–H groups in total. The van der Waals surface area contributed by atoms with E-state index in [1.54, 1.807) is 0 Å². The fraction of sp³-hybridized carbons (Fsp3) is 0.875. The number of hydrogen-bond acceptors (Lipinski definition) is 4. The number of methoxy groups -OCH3 is 1. The summed E-state index contributed by atoms with van der Waals surface area (Å²) < 4.78 is 13.3. The van der Waals surface area contributed by atoms with Crippen LogP contribution in [0, 0.1) is 0 Å². The first-order valence-corrected chi connectivity index (χ1v) is 6.78. The standard InChI is InChI=1S/C8H15N2O3.Tl/c1-12-4-7(11)10-8(5-9)2-3-13-6-8;/h9H,2-6H2,1H3,(H,10,11);/q-1;+1. The van der Waals surface area contributed by atoms with Crippen molar-refractivity contribution in [2.75, 3.05) is 33.5 Å². The molecular formula is C8H15N2O3Tl. The van der Waals surface area contributed by atoms with Crippen LogP contribution in [0.3, 0.4) is 0 Å². The van der Waals surface area contributed by atoms with Crippen LogP contribution in [-0.2, 0) is 14.3 Å². The van der Waals surface area contributed by atoms with Gasteiger partial charge in [0, 0.05) is 0 Å². The van der Waals surface area contributed by atoms with Crippen molar-refractivity contribution in [2.24, 2.45) is 0 Å². The summed E-state index contributed by atoms with van der Waals surface area (Å²) >= 11 is 0.733. The van der Waals surface area contributed by atoms with Gasteiger partial charge >= 0.3 is 100 Å². The predicted molar refractivity (Wildman–Crippen MR) is 51.9 cm³/mol. The van der Waals surface area contributed by atoms with Gasteiger partial charge in [-0.15, -0.1) is 0 Å². The van der Waals surface area contributed by atoms with E-state index in [4.69, 9.17) is 9.47 Å². The number of hydrogen-bond donors (Lipinski definition) is 2. The van der Waals surface area contributed by atoms with Crippen LogP contribution in [-0.4, -0.2) is 71.0 Å². The zero-order chi connectivity index (χ0) is 10.4. The van der Waals surface area contributed by atoms with Crippen LogP contribution in [0.5, 0.6) is 0 Å². The molecule has 14 heavy (non-hydrogen) atoms. The summed E-state index contributed by atoms with van der Waals surface area (Å²) in [4.78, 5) is 11.4. The molecule has 0 aromatic rings. The van der Waals surface area contributed by atoms with Crippen molar-refractivity contribution in [3.05, 3.63) is 0 Å². The van der Waals surface area contributed by atoms with Crippen molar-refractivity contribution in [1.29, 1.82) is 0 Å². The zero-order valence-corrected chi connectivity index (χ0v) is 12.8. The summed E-state index contributed by atoms with van der Waals surface area (Å²) in [6.45, 7) is 2.24. The van der Waals surface area contributed by atoms with Crippen molar-refractivity contribution < 1.29 is 14.3 Å². The van der Waals surface area contributed by atoms with Crippen LogP contribution in [0.4, 0.5) is 0 Å². The predicted octanol–water partition coefficient (Wildman–Crippen LogP) is -1.42. The van der Waals surface area contributed by atoms with E-state index >= 15 is 0 Å². The van der Waals surface area contributed by atoms with E-state index in [1.165, 1.54) is 7.11 Å². The van der Waals surface area contributed by atoms with Gasteiger partial charge in [0.05, 0.1) is 0 Å². The van der Waals surface area contributed by atoms with E-state index in [9.17, 15) is 4.79 Å². The maximum atomic E-state index is 11.4. The van der Waals surface area contributed by atoms with Gasteiger partial charge in [-0.05, 0) is 0 Å². The van der Waals surface area contributed by atoms with Crippen molar-refractivity contribution in [3.8, 4) is 0 Å². The fourth-order valence-corrected chi connectivity index (χ4v) is 3.07. The molecule has 78 valence electrons. The molecule has 6 heteroatoms. The van der Waals surface area contributed by atoms with Gasteiger partial charge in [-0.2, -0.15) is 0 Å². The van der Waals surface area contributed by atoms with Crippen molar-refractivity contribution >= 4 is 32.0 Å². The average Bonchev–Trinajstić information content (AvgIpc) is 2.54. The molecule has 0 radical (unpaired) electrons. The Balaban J connectivity index is 2.46. The van der Waals surface area contributed by atoms with Gasteiger partial charge in [0.2, 0.25) is 0 Å². The minimum atomic E-state index is -0.204. The van der Waals surface area contributed by atoms with E-state index in [1.807, 2.05) is 0 Å². The number of amides is 1. The van der Waals surface area contributed by atoms with Gasteiger partial charge in [0.15, 0.2) is 0 Å². The molecule has 0 saturated carbocycles. The third-order valence-corrected chi connectivity index (χ3v) is 3.02. The van der Waals surface area contributed by atoms with Crippen LogP contribution >= 0.6 is 0 Å². The van der Waals surface area contributed by atoms with Crippen molar-refractivity contribution in [3.63, 3.8) is 0 Å². The first-order chi connectivity index (χ1) is 6.72. The summed E-state index contributed by atoms with van der Waals surface area (Å²) in [5.41, 5.74) is -0.204. The number of rotatable bonds is 5. The van der Waals surface area contributed by atoms with Crippen LogP contribution < -0.4 is 8.44 Å². The molecule has 0 aromatic carbocycles. The van der Waals surface area contributed by atoms with E-state index in [0.29, 0.717) is 6.61 Å². The van der Waals surface area contributed by atoms with E-state index in [2.05, 4.69) is 8.44 Å². The second-order valence-electron chi connectivity index (χ2n) is 3.45. The van der Waals surface area contributed by atoms with Crippen molar-refractivity contribution in [1.82, 2.24) is 8.44 Å². The summed E-state index contributed by atoms with van der Waals surface area (Å²) in [5.74, 6) is -0.0711. The average molecular weight is 392 g/mol. The van der Waals surface area contributed by atoms with Gasteiger partial charge < -0.3 is 0 Å². The Hall–Kier alpha value is 0.272. The number of carbonyl (C=O) groups excluding carboxylic acids is 1. The Morgan fingerprint density at radius 3 is 3.00 bits per heavy atom. The summed E-state index contributed by atoms with van der Waals surface area (Å²) in [6, 6.07) is 0. The first-order valence-electron chi connectivity index (χ1n) is 4.53. The minimum absolute atomic E-state index is 0.0711. The summed E-state index contributed by atoms with van der Waals surface area (Å²) in [6.07, 6.45) is 0.877. The van der Waals surface area contributed by atoms with Gasteiger partial charge in [-0.25, -0.2) is 0 Å². The fourth-order valence-electron chi connectivity index (χ4n) is 1.55. The van der Waals surface area contributed by atoms with Crippen LogP contribution in [0.25, 0.3) is 0 Å². The third-order valence-electron chi connectivity index (χ3n) is 2.22. The monoisotopic (exact) mass is 392 g/mol. The second kappa shape index (κ2) is 5.99. The summed E-state index contributed by atoms with van der Waals surface area (Å²) in [7, 11) is 1.52. The SMILES string of the molecule is COCC(=O)NC1(C[NH][Tl])CCOC1. The first kappa shape index (κ1) is 12.3. The molecule has 0 bridgehead atoms. The number of nitrogens with one attached hydrogen (secondary N) is 2. The molecule has 0 spiro atoms. The quantitative estimate of drug-likeness (QED) is 0.565. The second-order valence-corrected chi connectivity index (χ2v) is 5.03. The number of ether oxygens (including phenoxy) is 2. The molecule has 0 aromatic heterocycles. The van der Waals surface area contributed by atoms with Crippen LogP contribution in [0.2, 0.25) is 0 Å². The molecule has 1 saturated heterocycles. The van der Waals surface area contributed by atoms with Gasteiger partial charge in [0.1, 0.15) is 0 Å². The molecule has 1 atom stereocenters. The Morgan fingerprint density at radius 1 is 1.71 bits per heavy atom. The molecule has 1 fully saturated rings. The summed E-state index contributed by atoms with van der Waals surface area (Å²) in [5, 5.41) is 2.97. The molecule has 1 aliphatic rings. The Bertz CT molecular complexity index is 195. The Labute approximate surface area is 100 Å². The molecule has 5 nitrogen and oxygen atoms in total. The Kier molecular flexibility index (Phi) is 5.28. The van der Waals surface area contributed by atoms with Crippen molar-refractivity contribution in [2.45, 2.75) is 12.0 Å². The molecule has 1 heterocycles. The maximum absolute atomic E-state index is 11.4. The third kappa shape index (κ3) is 3.45. The molecule has 1 amide bonds. The molecular weight excluding hydrogens is 376 g/mol. The van der Waals surface area contributed by atoms with E-state index < -0.39 is 0 Å². The van der Waals surface area contributed by atoms with Crippen LogP contribution in [0.15, 0.2) is 0 Å².